The molecule has 3 rings (SSSR count). The summed E-state index contributed by atoms with van der Waals surface area (Å²) in [6.07, 6.45) is 0.962. The average molecular weight is 308 g/mol. The maximum absolute atomic E-state index is 11.7. The highest BCUT2D eigenvalue weighted by Crippen LogP contribution is 2.32. The van der Waals surface area contributed by atoms with E-state index in [1.54, 1.807) is 0 Å². The lowest BCUT2D eigenvalue weighted by Gasteiger charge is -2.42. The van der Waals surface area contributed by atoms with Crippen molar-refractivity contribution >= 4 is 17.4 Å². The lowest BCUT2D eigenvalue weighted by molar-refractivity contribution is 0.0779. The second-order valence-electron chi connectivity index (χ2n) is 5.99. The summed E-state index contributed by atoms with van der Waals surface area (Å²) in [5.74, 6) is 0. The van der Waals surface area contributed by atoms with Crippen LogP contribution in [0.15, 0.2) is 12.1 Å². The van der Waals surface area contributed by atoms with Crippen LogP contribution < -0.4 is 11.1 Å². The van der Waals surface area contributed by atoms with E-state index in [4.69, 9.17) is 5.73 Å². The number of amides is 2. The number of carbonyl (C=O) groups excluding carboxylic acids is 1. The molecule has 0 spiro atoms. The molecule has 116 valence electrons. The van der Waals surface area contributed by atoms with Gasteiger partial charge in [-0.05, 0) is 25.5 Å². The molecule has 0 aliphatic carbocycles. The zero-order chi connectivity index (χ0) is 15.0. The molecule has 6 heteroatoms. The number of piperazine rings is 1. The number of thiophene rings is 1. The molecule has 2 saturated heterocycles. The zero-order valence-electron chi connectivity index (χ0n) is 12.7. The van der Waals surface area contributed by atoms with Gasteiger partial charge in [0.15, 0.2) is 0 Å². The van der Waals surface area contributed by atoms with E-state index in [9.17, 15) is 4.79 Å². The number of urea groups is 1. The van der Waals surface area contributed by atoms with Crippen molar-refractivity contribution < 1.29 is 4.79 Å². The Hall–Kier alpha value is -1.11. The number of fused-ring (bicyclic) bond motifs is 1. The van der Waals surface area contributed by atoms with Crippen LogP contribution in [0.1, 0.15) is 29.1 Å². The third kappa shape index (κ3) is 2.80. The van der Waals surface area contributed by atoms with Gasteiger partial charge in [-0.2, -0.15) is 0 Å². The molecule has 3 heterocycles. The summed E-state index contributed by atoms with van der Waals surface area (Å²) in [5.41, 5.74) is 6.42. The smallest absolute Gasteiger partial charge is 0.317 e. The van der Waals surface area contributed by atoms with Crippen LogP contribution in [0.5, 0.6) is 0 Å². The molecule has 2 aliphatic heterocycles. The van der Waals surface area contributed by atoms with Crippen LogP contribution in [-0.4, -0.2) is 54.1 Å². The molecule has 1 aromatic heterocycles. The van der Waals surface area contributed by atoms with E-state index in [-0.39, 0.29) is 18.1 Å². The minimum Gasteiger partial charge on any atom is -0.336 e. The van der Waals surface area contributed by atoms with Gasteiger partial charge in [-0.3, -0.25) is 4.90 Å². The van der Waals surface area contributed by atoms with E-state index in [1.807, 2.05) is 16.2 Å². The molecular weight excluding hydrogens is 284 g/mol. The number of nitrogens with zero attached hydrogens (tertiary/aromatic N) is 2. The predicted octanol–water partition coefficient (Wildman–Crippen LogP) is 1.54. The molecule has 0 aromatic carbocycles. The van der Waals surface area contributed by atoms with Gasteiger partial charge in [0.1, 0.15) is 0 Å². The van der Waals surface area contributed by atoms with Crippen LogP contribution in [0.25, 0.3) is 0 Å². The fraction of sp³-hybridized carbons (Fsp3) is 0.667. The first kappa shape index (κ1) is 14.8. The monoisotopic (exact) mass is 308 g/mol. The summed E-state index contributed by atoms with van der Waals surface area (Å²) in [6, 6.07) is 5.17. The van der Waals surface area contributed by atoms with Gasteiger partial charge in [0.05, 0.1) is 12.1 Å². The number of aryl methyl sites for hydroxylation is 1. The standard InChI is InChI=1S/C15H24N4OS/c1-3-12(16)14(13-5-4-10(2)21-13)18-6-7-19-11(9-18)8-17-15(19)20/h4-5,11-12,14H,3,6-9,16H2,1-2H3,(H,17,20). The van der Waals surface area contributed by atoms with Crippen molar-refractivity contribution in [1.82, 2.24) is 15.1 Å². The largest absolute Gasteiger partial charge is 0.336 e. The molecule has 3 N–H and O–H groups in total. The summed E-state index contributed by atoms with van der Waals surface area (Å²) in [4.78, 5) is 18.8. The fourth-order valence-corrected chi connectivity index (χ4v) is 4.47. The van der Waals surface area contributed by atoms with Crippen molar-refractivity contribution in [2.24, 2.45) is 5.73 Å². The number of nitrogens with one attached hydrogen (secondary N) is 1. The Labute approximate surface area is 130 Å². The summed E-state index contributed by atoms with van der Waals surface area (Å²) in [7, 11) is 0. The quantitative estimate of drug-likeness (QED) is 0.887. The van der Waals surface area contributed by atoms with E-state index in [1.165, 1.54) is 9.75 Å². The van der Waals surface area contributed by atoms with Crippen molar-refractivity contribution in [2.45, 2.75) is 38.4 Å². The van der Waals surface area contributed by atoms with Crippen LogP contribution >= 0.6 is 11.3 Å². The van der Waals surface area contributed by atoms with E-state index in [2.05, 4.69) is 36.2 Å². The van der Waals surface area contributed by atoms with Crippen molar-refractivity contribution in [3.05, 3.63) is 21.9 Å². The Morgan fingerprint density at radius 1 is 1.48 bits per heavy atom. The minimum atomic E-state index is 0.0861. The predicted molar refractivity (Wildman–Crippen MR) is 85.5 cm³/mol. The highest BCUT2D eigenvalue weighted by molar-refractivity contribution is 7.12. The number of hydrogen-bond donors (Lipinski definition) is 2. The van der Waals surface area contributed by atoms with Crippen molar-refractivity contribution in [3.8, 4) is 0 Å². The van der Waals surface area contributed by atoms with Crippen LogP contribution in [0.3, 0.4) is 0 Å². The highest BCUT2D eigenvalue weighted by Gasteiger charge is 2.39. The molecule has 0 saturated carbocycles. The topological polar surface area (TPSA) is 61.6 Å². The number of hydrogen-bond acceptors (Lipinski definition) is 4. The molecule has 2 amide bonds. The van der Waals surface area contributed by atoms with E-state index >= 15 is 0 Å². The SMILES string of the molecule is CCC(N)C(c1ccc(C)s1)N1CCN2C(=O)NCC2C1. The van der Waals surface area contributed by atoms with E-state index in [0.29, 0.717) is 6.04 Å². The Bertz CT molecular complexity index is 518. The Morgan fingerprint density at radius 3 is 2.95 bits per heavy atom. The Morgan fingerprint density at radius 2 is 2.29 bits per heavy atom. The van der Waals surface area contributed by atoms with Crippen molar-refractivity contribution in [1.29, 1.82) is 0 Å². The van der Waals surface area contributed by atoms with Crippen LogP contribution in [0.2, 0.25) is 0 Å². The van der Waals surface area contributed by atoms with Gasteiger partial charge in [-0.25, -0.2) is 4.79 Å². The lowest BCUT2D eigenvalue weighted by Crippen LogP contribution is -2.55. The summed E-state index contributed by atoms with van der Waals surface area (Å²) >= 11 is 1.84. The molecule has 21 heavy (non-hydrogen) atoms. The zero-order valence-corrected chi connectivity index (χ0v) is 13.5. The van der Waals surface area contributed by atoms with Gasteiger partial charge in [0.2, 0.25) is 0 Å². The second kappa shape index (κ2) is 5.94. The molecule has 0 bridgehead atoms. The third-order valence-electron chi connectivity index (χ3n) is 4.59. The molecule has 5 nitrogen and oxygen atoms in total. The van der Waals surface area contributed by atoms with Crippen molar-refractivity contribution in [2.75, 3.05) is 26.2 Å². The van der Waals surface area contributed by atoms with Gasteiger partial charge in [0, 0.05) is 42.0 Å². The molecule has 2 fully saturated rings. The number of carbonyl (C=O) groups is 1. The summed E-state index contributed by atoms with van der Waals surface area (Å²) < 4.78 is 0. The summed E-state index contributed by atoms with van der Waals surface area (Å²) in [5, 5.41) is 2.94. The average Bonchev–Trinajstić information content (AvgIpc) is 3.06. The van der Waals surface area contributed by atoms with Gasteiger partial charge in [-0.1, -0.05) is 6.92 Å². The first-order chi connectivity index (χ1) is 10.1. The molecule has 3 unspecified atom stereocenters. The van der Waals surface area contributed by atoms with Crippen LogP contribution in [0.4, 0.5) is 4.79 Å². The first-order valence-electron chi connectivity index (χ1n) is 7.70. The third-order valence-corrected chi connectivity index (χ3v) is 5.66. The van der Waals surface area contributed by atoms with Gasteiger partial charge >= 0.3 is 6.03 Å². The molecule has 0 radical (unpaired) electrons. The minimum absolute atomic E-state index is 0.0861. The van der Waals surface area contributed by atoms with Gasteiger partial charge < -0.3 is 16.0 Å². The number of rotatable bonds is 4. The highest BCUT2D eigenvalue weighted by atomic mass is 32.1. The maximum Gasteiger partial charge on any atom is 0.317 e. The summed E-state index contributed by atoms with van der Waals surface area (Å²) in [6.45, 7) is 7.66. The normalized spacial score (nSPS) is 25.6. The van der Waals surface area contributed by atoms with Crippen molar-refractivity contribution in [3.63, 3.8) is 0 Å². The van der Waals surface area contributed by atoms with Gasteiger partial charge in [0.25, 0.3) is 0 Å². The van der Waals surface area contributed by atoms with E-state index < -0.39 is 0 Å². The second-order valence-corrected chi connectivity index (χ2v) is 7.31. The van der Waals surface area contributed by atoms with Gasteiger partial charge in [-0.15, -0.1) is 11.3 Å². The molecular formula is C15H24N4OS. The Balaban J connectivity index is 1.79. The maximum atomic E-state index is 11.7. The first-order valence-corrected chi connectivity index (χ1v) is 8.52. The Kier molecular flexibility index (Phi) is 4.19. The van der Waals surface area contributed by atoms with E-state index in [0.717, 1.165) is 32.6 Å². The fourth-order valence-electron chi connectivity index (χ4n) is 3.38. The molecule has 3 atom stereocenters. The lowest BCUT2D eigenvalue weighted by atomic mass is 10.0. The molecule has 1 aromatic rings. The molecule has 2 aliphatic rings. The van der Waals surface area contributed by atoms with Crippen LogP contribution in [-0.2, 0) is 0 Å². The number of nitrogens with two attached hydrogens (primary N) is 1. The van der Waals surface area contributed by atoms with Crippen LogP contribution in [0, 0.1) is 6.92 Å².